The zero-order chi connectivity index (χ0) is 20.4. The van der Waals surface area contributed by atoms with Crippen LogP contribution in [0.1, 0.15) is 22.3 Å². The minimum absolute atomic E-state index is 0.0196. The van der Waals surface area contributed by atoms with E-state index in [4.69, 9.17) is 4.74 Å². The summed E-state index contributed by atoms with van der Waals surface area (Å²) in [4.78, 5) is 29.6. The number of carbonyl (C=O) groups is 2. The fraction of sp³-hybridized carbons (Fsp3) is 0.391. The van der Waals surface area contributed by atoms with Crippen LogP contribution in [0.3, 0.4) is 0 Å². The molecule has 2 aliphatic heterocycles. The molecule has 152 valence electrons. The van der Waals surface area contributed by atoms with Crippen molar-refractivity contribution in [2.75, 3.05) is 45.2 Å². The van der Waals surface area contributed by atoms with Gasteiger partial charge in [0, 0.05) is 36.3 Å². The molecule has 2 atom stereocenters. The number of hydrogen-bond acceptors (Lipinski definition) is 4. The number of likely N-dealkylation sites (N-methyl/N-ethyl adjacent to an activating group) is 1. The second-order valence-electron chi connectivity index (χ2n) is 8.15. The van der Waals surface area contributed by atoms with E-state index < -0.39 is 6.10 Å². The van der Waals surface area contributed by atoms with E-state index in [1.165, 1.54) is 0 Å². The highest BCUT2D eigenvalue weighted by molar-refractivity contribution is 6.07. The lowest BCUT2D eigenvalue weighted by molar-refractivity contribution is -0.130. The smallest absolute Gasteiger partial charge is 0.258 e. The van der Waals surface area contributed by atoms with Gasteiger partial charge in [0.2, 0.25) is 5.91 Å². The molecule has 4 rings (SSSR count). The largest absolute Gasteiger partial charge is 0.367 e. The SMILES string of the molecule is CN(C)CCNC(=O)[C@@H]1C[C@]2(CO1)CN(C(=O)c1ccccc1)c1ccccc12. The molecule has 6 nitrogen and oxygen atoms in total. The molecule has 2 heterocycles. The number of hydrogen-bond donors (Lipinski definition) is 1. The molecule has 0 aromatic heterocycles. The summed E-state index contributed by atoms with van der Waals surface area (Å²) in [7, 11) is 3.95. The van der Waals surface area contributed by atoms with Gasteiger partial charge in [0.1, 0.15) is 6.10 Å². The monoisotopic (exact) mass is 393 g/mol. The Kier molecular flexibility index (Phi) is 5.39. The summed E-state index contributed by atoms with van der Waals surface area (Å²) in [5, 5.41) is 2.96. The predicted octanol–water partition coefficient (Wildman–Crippen LogP) is 2.05. The predicted molar refractivity (Wildman–Crippen MR) is 112 cm³/mol. The van der Waals surface area contributed by atoms with Gasteiger partial charge in [-0.15, -0.1) is 0 Å². The molecule has 1 spiro atoms. The van der Waals surface area contributed by atoms with Crippen molar-refractivity contribution in [3.8, 4) is 0 Å². The number of nitrogens with one attached hydrogen (secondary N) is 1. The van der Waals surface area contributed by atoms with Gasteiger partial charge in [-0.3, -0.25) is 9.59 Å². The molecule has 2 aliphatic rings. The number of benzene rings is 2. The van der Waals surface area contributed by atoms with Gasteiger partial charge in [0.25, 0.3) is 5.91 Å². The molecule has 0 saturated carbocycles. The second-order valence-corrected chi connectivity index (χ2v) is 8.15. The summed E-state index contributed by atoms with van der Waals surface area (Å²) < 4.78 is 5.94. The maximum atomic E-state index is 13.2. The number of para-hydroxylation sites is 1. The molecule has 1 saturated heterocycles. The maximum Gasteiger partial charge on any atom is 0.258 e. The summed E-state index contributed by atoms with van der Waals surface area (Å²) in [6.07, 6.45) is 0.0908. The fourth-order valence-electron chi connectivity index (χ4n) is 4.26. The van der Waals surface area contributed by atoms with E-state index in [0.29, 0.717) is 31.7 Å². The van der Waals surface area contributed by atoms with E-state index in [2.05, 4.69) is 11.4 Å². The van der Waals surface area contributed by atoms with E-state index in [1.54, 1.807) is 0 Å². The Hall–Kier alpha value is -2.70. The lowest BCUT2D eigenvalue weighted by Crippen LogP contribution is -2.40. The van der Waals surface area contributed by atoms with Gasteiger partial charge in [-0.05, 0) is 44.3 Å². The first-order valence-corrected chi connectivity index (χ1v) is 10.0. The van der Waals surface area contributed by atoms with Crippen LogP contribution < -0.4 is 10.2 Å². The number of anilines is 1. The highest BCUT2D eigenvalue weighted by Gasteiger charge is 2.51. The molecule has 0 bridgehead atoms. The van der Waals surface area contributed by atoms with Crippen LogP contribution >= 0.6 is 0 Å². The fourth-order valence-corrected chi connectivity index (χ4v) is 4.26. The van der Waals surface area contributed by atoms with E-state index >= 15 is 0 Å². The van der Waals surface area contributed by atoms with Crippen LogP contribution in [-0.4, -0.2) is 63.2 Å². The van der Waals surface area contributed by atoms with E-state index in [9.17, 15) is 9.59 Å². The Bertz CT molecular complexity index is 899. The van der Waals surface area contributed by atoms with Gasteiger partial charge < -0.3 is 19.9 Å². The summed E-state index contributed by atoms with van der Waals surface area (Å²) in [6.45, 7) is 2.34. The third kappa shape index (κ3) is 3.78. The van der Waals surface area contributed by atoms with Crippen molar-refractivity contribution in [3.63, 3.8) is 0 Å². The van der Waals surface area contributed by atoms with Crippen LogP contribution in [-0.2, 0) is 14.9 Å². The van der Waals surface area contributed by atoms with Crippen molar-refractivity contribution in [1.29, 1.82) is 0 Å². The summed E-state index contributed by atoms with van der Waals surface area (Å²) in [6, 6.07) is 17.3. The van der Waals surface area contributed by atoms with Crippen molar-refractivity contribution in [1.82, 2.24) is 10.2 Å². The topological polar surface area (TPSA) is 61.9 Å². The Morgan fingerprint density at radius 3 is 2.62 bits per heavy atom. The van der Waals surface area contributed by atoms with Crippen molar-refractivity contribution < 1.29 is 14.3 Å². The molecule has 0 aliphatic carbocycles. The standard InChI is InChI=1S/C23H27N3O3/c1-25(2)13-12-24-21(27)20-14-23(16-29-20)15-26(19-11-7-6-10-18(19)23)22(28)17-8-4-3-5-9-17/h3-11,20H,12-16H2,1-2H3,(H,24,27)/t20-,23+/m0/s1. The van der Waals surface area contributed by atoms with Crippen LogP contribution in [0.2, 0.25) is 0 Å². The summed E-state index contributed by atoms with van der Waals surface area (Å²) in [5.41, 5.74) is 2.33. The van der Waals surface area contributed by atoms with Crippen LogP contribution in [0.4, 0.5) is 5.69 Å². The first-order valence-electron chi connectivity index (χ1n) is 10.0. The molecule has 29 heavy (non-hydrogen) atoms. The zero-order valence-electron chi connectivity index (χ0n) is 16.9. The third-order valence-electron chi connectivity index (χ3n) is 5.78. The quantitative estimate of drug-likeness (QED) is 0.845. The molecule has 0 unspecified atom stereocenters. The molecule has 1 fully saturated rings. The zero-order valence-corrected chi connectivity index (χ0v) is 16.9. The first-order chi connectivity index (χ1) is 14.0. The van der Waals surface area contributed by atoms with Gasteiger partial charge in [0.05, 0.1) is 6.61 Å². The van der Waals surface area contributed by atoms with Crippen LogP contribution in [0, 0.1) is 0 Å². The molecule has 2 aromatic rings. The maximum absolute atomic E-state index is 13.2. The highest BCUT2D eigenvalue weighted by Crippen LogP contribution is 2.47. The number of fused-ring (bicyclic) bond motifs is 2. The number of nitrogens with zero attached hydrogens (tertiary/aromatic N) is 2. The minimum atomic E-state index is -0.489. The Morgan fingerprint density at radius 1 is 1.14 bits per heavy atom. The van der Waals surface area contributed by atoms with Gasteiger partial charge in [0.15, 0.2) is 0 Å². The summed E-state index contributed by atoms with van der Waals surface area (Å²) >= 11 is 0. The van der Waals surface area contributed by atoms with Gasteiger partial charge in [-0.25, -0.2) is 0 Å². The van der Waals surface area contributed by atoms with E-state index in [1.807, 2.05) is 72.4 Å². The Morgan fingerprint density at radius 2 is 1.86 bits per heavy atom. The summed E-state index contributed by atoms with van der Waals surface area (Å²) in [5.74, 6) is -0.0946. The van der Waals surface area contributed by atoms with Crippen molar-refractivity contribution in [2.24, 2.45) is 0 Å². The average molecular weight is 393 g/mol. The molecule has 6 heteroatoms. The molecule has 0 radical (unpaired) electrons. The molecule has 1 N–H and O–H groups in total. The Balaban J connectivity index is 1.53. The van der Waals surface area contributed by atoms with E-state index in [-0.39, 0.29) is 17.2 Å². The lowest BCUT2D eigenvalue weighted by Gasteiger charge is -2.23. The molecule has 2 aromatic carbocycles. The van der Waals surface area contributed by atoms with E-state index in [0.717, 1.165) is 17.8 Å². The number of ether oxygens (including phenoxy) is 1. The first kappa shape index (κ1) is 19.6. The second kappa shape index (κ2) is 7.97. The van der Waals surface area contributed by atoms with Gasteiger partial charge in [-0.1, -0.05) is 36.4 Å². The van der Waals surface area contributed by atoms with Gasteiger partial charge in [-0.2, -0.15) is 0 Å². The average Bonchev–Trinajstić information content (AvgIpc) is 3.31. The van der Waals surface area contributed by atoms with Crippen LogP contribution in [0.25, 0.3) is 0 Å². The molecular formula is C23H27N3O3. The van der Waals surface area contributed by atoms with Crippen molar-refractivity contribution in [2.45, 2.75) is 17.9 Å². The normalized spacial score (nSPS) is 22.9. The minimum Gasteiger partial charge on any atom is -0.367 e. The van der Waals surface area contributed by atoms with Crippen LogP contribution in [0.15, 0.2) is 54.6 Å². The number of rotatable bonds is 5. The Labute approximate surface area is 171 Å². The van der Waals surface area contributed by atoms with Crippen molar-refractivity contribution in [3.05, 3.63) is 65.7 Å². The number of amides is 2. The third-order valence-corrected chi connectivity index (χ3v) is 5.78. The van der Waals surface area contributed by atoms with Crippen molar-refractivity contribution >= 4 is 17.5 Å². The number of carbonyl (C=O) groups excluding carboxylic acids is 2. The van der Waals surface area contributed by atoms with Gasteiger partial charge >= 0.3 is 0 Å². The molecular weight excluding hydrogens is 366 g/mol. The molecule has 2 amide bonds. The van der Waals surface area contributed by atoms with Crippen LogP contribution in [0.5, 0.6) is 0 Å². The lowest BCUT2D eigenvalue weighted by atomic mass is 9.80. The highest BCUT2D eigenvalue weighted by atomic mass is 16.5.